The first-order chi connectivity index (χ1) is 12.4. The molecule has 1 heterocycles. The minimum Gasteiger partial charge on any atom is -0.390 e. The van der Waals surface area contributed by atoms with Crippen LogP contribution in [0, 0.1) is 11.2 Å². The summed E-state index contributed by atoms with van der Waals surface area (Å²) in [6, 6.07) is 3.59. The third-order valence-electron chi connectivity index (χ3n) is 4.88. The van der Waals surface area contributed by atoms with Crippen LogP contribution >= 0.6 is 0 Å². The zero-order valence-electron chi connectivity index (χ0n) is 16.9. The molecule has 0 atom stereocenters. The van der Waals surface area contributed by atoms with Gasteiger partial charge in [-0.25, -0.2) is 9.37 Å². The largest absolute Gasteiger partial charge is 0.390 e. The van der Waals surface area contributed by atoms with Crippen molar-refractivity contribution in [3.63, 3.8) is 0 Å². The fraction of sp³-hybridized carbons (Fsp3) is 0.636. The average molecular weight is 392 g/mol. The van der Waals surface area contributed by atoms with E-state index < -0.39 is 5.60 Å². The fourth-order valence-electron chi connectivity index (χ4n) is 3.53. The van der Waals surface area contributed by atoms with Crippen LogP contribution in [0.3, 0.4) is 0 Å². The van der Waals surface area contributed by atoms with E-state index in [1.165, 1.54) is 0 Å². The molecule has 1 saturated carbocycles. The van der Waals surface area contributed by atoms with Crippen molar-refractivity contribution in [2.24, 2.45) is 5.41 Å². The monoisotopic (exact) mass is 391 g/mol. The van der Waals surface area contributed by atoms with Gasteiger partial charge in [-0.3, -0.25) is 10.1 Å². The molecule has 0 aliphatic heterocycles. The van der Waals surface area contributed by atoms with Gasteiger partial charge in [0.05, 0.1) is 11.1 Å². The molecule has 0 radical (unpaired) electrons. The van der Waals surface area contributed by atoms with Crippen LogP contribution in [0.5, 0.6) is 0 Å². The number of imidazole rings is 1. The molecule has 1 aromatic heterocycles. The van der Waals surface area contributed by atoms with Crippen LogP contribution in [0.4, 0.5) is 10.3 Å². The van der Waals surface area contributed by atoms with Crippen molar-refractivity contribution < 1.29 is 14.3 Å². The molecule has 0 spiro atoms. The molecule has 2 N–H and O–H groups in total. The molecule has 5 nitrogen and oxygen atoms in total. The van der Waals surface area contributed by atoms with Crippen LogP contribution in [0.1, 0.15) is 79.3 Å². The fourth-order valence-corrected chi connectivity index (χ4v) is 3.53. The van der Waals surface area contributed by atoms with Gasteiger partial charge in [0.1, 0.15) is 5.52 Å². The highest BCUT2D eigenvalue weighted by molar-refractivity contribution is 5.92. The second kappa shape index (κ2) is 7.82. The van der Waals surface area contributed by atoms with Crippen LogP contribution in [-0.2, 0) is 11.2 Å². The lowest BCUT2D eigenvalue weighted by molar-refractivity contribution is -0.117. The van der Waals surface area contributed by atoms with Gasteiger partial charge < -0.3 is 9.67 Å². The Morgan fingerprint density at radius 3 is 2.43 bits per heavy atom. The first-order valence-corrected chi connectivity index (χ1v) is 9.66. The Morgan fingerprint density at radius 1 is 1.29 bits per heavy atom. The number of carbonyl (C=O) groups is 1. The molecule has 0 saturated heterocycles. The number of fused-ring (bicyclic) bond motifs is 1. The number of nitrogens with one attached hydrogen (secondary N) is 1. The molecule has 1 aliphatic rings. The first kappa shape index (κ1) is 22.3. The van der Waals surface area contributed by atoms with E-state index >= 15 is 4.39 Å². The second-order valence-electron chi connectivity index (χ2n) is 9.57. The van der Waals surface area contributed by atoms with Crippen LogP contribution in [-0.4, -0.2) is 26.2 Å². The van der Waals surface area contributed by atoms with Crippen molar-refractivity contribution in [1.82, 2.24) is 9.55 Å². The lowest BCUT2D eigenvalue weighted by Crippen LogP contribution is -2.25. The van der Waals surface area contributed by atoms with E-state index in [2.05, 4.69) is 10.3 Å². The van der Waals surface area contributed by atoms with E-state index in [1.807, 2.05) is 25.3 Å². The molecular weight excluding hydrogens is 357 g/mol. The SMILES string of the molecule is C.CC(C)(C)CC(=O)Nc1nc2ccc(CC(C)(C)O)c(F)c2n1C1CCC1. The highest BCUT2D eigenvalue weighted by atomic mass is 19.1. The van der Waals surface area contributed by atoms with E-state index in [1.54, 1.807) is 26.0 Å². The van der Waals surface area contributed by atoms with Crippen LogP contribution in [0.25, 0.3) is 11.0 Å². The number of carbonyl (C=O) groups excluding carboxylic acids is 1. The highest BCUT2D eigenvalue weighted by Gasteiger charge is 2.29. The average Bonchev–Trinajstić information content (AvgIpc) is 2.76. The van der Waals surface area contributed by atoms with Crippen LogP contribution in [0.2, 0.25) is 0 Å². The summed E-state index contributed by atoms with van der Waals surface area (Å²) >= 11 is 0. The van der Waals surface area contributed by atoms with Gasteiger partial charge in [0.2, 0.25) is 11.9 Å². The zero-order valence-corrected chi connectivity index (χ0v) is 16.9. The van der Waals surface area contributed by atoms with Gasteiger partial charge in [-0.15, -0.1) is 0 Å². The van der Waals surface area contributed by atoms with Crippen molar-refractivity contribution in [1.29, 1.82) is 0 Å². The lowest BCUT2D eigenvalue weighted by Gasteiger charge is -2.29. The number of nitrogens with zero attached hydrogens (tertiary/aromatic N) is 2. The molecule has 0 bridgehead atoms. The van der Waals surface area contributed by atoms with Crippen molar-refractivity contribution in [3.05, 3.63) is 23.5 Å². The molecule has 3 rings (SSSR count). The molecule has 1 fully saturated rings. The zero-order chi connectivity index (χ0) is 20.0. The number of benzene rings is 1. The summed E-state index contributed by atoms with van der Waals surface area (Å²) in [6.07, 6.45) is 3.57. The Labute approximate surface area is 167 Å². The lowest BCUT2D eigenvalue weighted by atomic mass is 9.92. The third-order valence-corrected chi connectivity index (χ3v) is 4.88. The summed E-state index contributed by atoms with van der Waals surface area (Å²) in [4.78, 5) is 16.9. The van der Waals surface area contributed by atoms with Crippen molar-refractivity contribution >= 4 is 22.9 Å². The molecule has 156 valence electrons. The Hall–Kier alpha value is -1.95. The number of aliphatic hydroxyl groups is 1. The van der Waals surface area contributed by atoms with Crippen molar-refractivity contribution in [2.45, 2.75) is 85.8 Å². The minimum absolute atomic E-state index is 0. The van der Waals surface area contributed by atoms with Crippen LogP contribution < -0.4 is 5.32 Å². The van der Waals surface area contributed by atoms with Gasteiger partial charge in [-0.05, 0) is 50.2 Å². The Balaban J connectivity index is 0.00000280. The van der Waals surface area contributed by atoms with Crippen LogP contribution in [0.15, 0.2) is 12.1 Å². The second-order valence-corrected chi connectivity index (χ2v) is 9.57. The summed E-state index contributed by atoms with van der Waals surface area (Å²) in [5.74, 6) is -0.0518. The number of rotatable bonds is 5. The number of hydrogen-bond donors (Lipinski definition) is 2. The number of halogens is 1. The maximum absolute atomic E-state index is 15.3. The number of amides is 1. The number of anilines is 1. The maximum atomic E-state index is 15.3. The smallest absolute Gasteiger partial charge is 0.227 e. The van der Waals surface area contributed by atoms with Gasteiger partial charge in [-0.1, -0.05) is 34.3 Å². The summed E-state index contributed by atoms with van der Waals surface area (Å²) in [7, 11) is 0. The predicted octanol–water partition coefficient (Wildman–Crippen LogP) is 5.22. The number of aromatic nitrogens is 2. The first-order valence-electron chi connectivity index (χ1n) is 9.66. The summed E-state index contributed by atoms with van der Waals surface area (Å²) in [5, 5.41) is 13.0. The van der Waals surface area contributed by atoms with E-state index in [9.17, 15) is 9.90 Å². The molecular formula is C22H34FN3O2. The number of hydrogen-bond acceptors (Lipinski definition) is 3. The van der Waals surface area contributed by atoms with Gasteiger partial charge >= 0.3 is 0 Å². The normalized spacial score (nSPS) is 15.2. The summed E-state index contributed by atoms with van der Waals surface area (Å²) in [6.45, 7) is 9.34. The quantitative estimate of drug-likeness (QED) is 0.734. The van der Waals surface area contributed by atoms with Gasteiger partial charge in [0.15, 0.2) is 5.82 Å². The van der Waals surface area contributed by atoms with E-state index in [0.717, 1.165) is 19.3 Å². The van der Waals surface area contributed by atoms with E-state index in [4.69, 9.17) is 0 Å². The molecule has 28 heavy (non-hydrogen) atoms. The standard InChI is InChI=1S/C21H30FN3O2.CH4/c1-20(2,3)12-16(26)24-19-23-15-10-9-13(11-21(4,5)27)17(22)18(15)25(19)14-7-6-8-14;/h9-10,14,27H,6-8,11-12H2,1-5H3,(H,23,24,26);1H4. The van der Waals surface area contributed by atoms with Gasteiger partial charge in [0, 0.05) is 18.9 Å². The molecule has 1 aromatic carbocycles. The Bertz CT molecular complexity index is 855. The van der Waals surface area contributed by atoms with Crippen molar-refractivity contribution in [3.8, 4) is 0 Å². The van der Waals surface area contributed by atoms with Crippen molar-refractivity contribution in [2.75, 3.05) is 5.32 Å². The third kappa shape index (κ3) is 4.90. The molecule has 1 amide bonds. The van der Waals surface area contributed by atoms with Gasteiger partial charge in [-0.2, -0.15) is 0 Å². The van der Waals surface area contributed by atoms with Gasteiger partial charge in [0.25, 0.3) is 0 Å². The predicted molar refractivity (Wildman–Crippen MR) is 112 cm³/mol. The summed E-state index contributed by atoms with van der Waals surface area (Å²) < 4.78 is 17.2. The topological polar surface area (TPSA) is 67.2 Å². The Kier molecular flexibility index (Phi) is 6.24. The summed E-state index contributed by atoms with van der Waals surface area (Å²) in [5.41, 5.74) is 0.280. The Morgan fingerprint density at radius 2 is 1.93 bits per heavy atom. The molecule has 0 unspecified atom stereocenters. The molecule has 1 aliphatic carbocycles. The van der Waals surface area contributed by atoms with E-state index in [0.29, 0.717) is 29.0 Å². The van der Waals surface area contributed by atoms with E-state index in [-0.39, 0.29) is 37.0 Å². The molecule has 6 heteroatoms. The minimum atomic E-state index is -1.00. The highest BCUT2D eigenvalue weighted by Crippen LogP contribution is 2.39. The maximum Gasteiger partial charge on any atom is 0.227 e. The molecule has 2 aromatic rings.